The van der Waals surface area contributed by atoms with Crippen LogP contribution in [0.5, 0.6) is 0 Å². The van der Waals surface area contributed by atoms with Crippen LogP contribution in [-0.4, -0.2) is 10.1 Å². The Kier molecular flexibility index (Phi) is 4.24. The van der Waals surface area contributed by atoms with Crippen LogP contribution in [0.1, 0.15) is 19.5 Å². The Bertz CT molecular complexity index is 356. The fourth-order valence-electron chi connectivity index (χ4n) is 1.01. The number of rotatable bonds is 1. The Balaban J connectivity index is 3.25. The number of halogens is 1. The minimum atomic E-state index is -0.922. The first kappa shape index (κ1) is 12.1. The Morgan fingerprint density at radius 2 is 1.73 bits per heavy atom. The van der Waals surface area contributed by atoms with Gasteiger partial charge in [0.05, 0.1) is 5.69 Å². The Hall–Kier alpha value is -0.930. The van der Waals surface area contributed by atoms with Crippen molar-refractivity contribution in [2.24, 2.45) is 0 Å². The summed E-state index contributed by atoms with van der Waals surface area (Å²) in [6.45, 7) is 3.43. The van der Waals surface area contributed by atoms with Crippen LogP contribution in [-0.2, 0) is 5.60 Å². The Morgan fingerprint density at radius 3 is 2.40 bits per heavy atom. The molecule has 0 radical (unpaired) electrons. The maximum absolute atomic E-state index is 9.81. The lowest BCUT2D eigenvalue weighted by Crippen LogP contribution is -2.16. The van der Waals surface area contributed by atoms with Gasteiger partial charge in [0.15, 0.2) is 0 Å². The van der Waals surface area contributed by atoms with Crippen molar-refractivity contribution in [2.75, 3.05) is 0 Å². The molecule has 1 N–H and O–H groups in total. The van der Waals surface area contributed by atoms with E-state index in [0.29, 0.717) is 5.69 Å². The average molecular weight is 268 g/mol. The molecule has 15 heavy (non-hydrogen) atoms. The van der Waals surface area contributed by atoms with E-state index >= 15 is 0 Å². The summed E-state index contributed by atoms with van der Waals surface area (Å²) in [4.78, 5) is 4.19. The molecule has 0 bridgehead atoms. The van der Waals surface area contributed by atoms with Crippen molar-refractivity contribution < 1.29 is 5.11 Å². The monoisotopic (exact) mass is 267 g/mol. The molecular weight excluding hydrogens is 254 g/mol. The van der Waals surface area contributed by atoms with Crippen LogP contribution in [0.25, 0.3) is 0 Å². The van der Waals surface area contributed by atoms with Crippen molar-refractivity contribution >= 4 is 15.9 Å². The quantitative estimate of drug-likeness (QED) is 0.848. The van der Waals surface area contributed by atoms with Gasteiger partial charge in [-0.05, 0) is 38.1 Å². The summed E-state index contributed by atoms with van der Waals surface area (Å²) in [6.07, 6.45) is 1.66. The molecule has 0 spiro atoms. The van der Waals surface area contributed by atoms with E-state index < -0.39 is 5.60 Å². The molecule has 0 amide bonds. The molecule has 0 saturated carbocycles. The molecule has 0 unspecified atom stereocenters. The molecule has 1 rings (SSSR count). The number of nitrogens with zero attached hydrogens (tertiary/aromatic N) is 1. The van der Waals surface area contributed by atoms with E-state index in [9.17, 15) is 5.11 Å². The molecule has 0 aliphatic carbocycles. The first-order chi connectivity index (χ1) is 7.00. The Labute approximate surface area is 98.4 Å². The topological polar surface area (TPSA) is 33.1 Å². The highest BCUT2D eigenvalue weighted by atomic mass is 79.9. The molecular formula is C12H14BrNO. The summed E-state index contributed by atoms with van der Waals surface area (Å²) in [6, 6.07) is 11.2. The van der Waals surface area contributed by atoms with Crippen molar-refractivity contribution in [3.05, 3.63) is 52.8 Å². The summed E-state index contributed by atoms with van der Waals surface area (Å²) in [5.74, 6) is 0. The van der Waals surface area contributed by atoms with Crippen LogP contribution >= 0.6 is 15.9 Å². The summed E-state index contributed by atoms with van der Waals surface area (Å²) >= 11 is 3.38. The van der Waals surface area contributed by atoms with Crippen LogP contribution in [0.3, 0.4) is 0 Å². The number of aliphatic hydroxyl groups is 1. The van der Waals surface area contributed by atoms with Gasteiger partial charge in [0, 0.05) is 10.7 Å². The lowest BCUT2D eigenvalue weighted by Gasteiger charge is -2.14. The molecule has 80 valence electrons. The molecule has 3 heteroatoms. The number of hydrogen-bond donors (Lipinski definition) is 1. The zero-order valence-electron chi connectivity index (χ0n) is 8.81. The third-order valence-corrected chi connectivity index (χ3v) is 2.33. The fourth-order valence-corrected chi connectivity index (χ4v) is 1.32. The van der Waals surface area contributed by atoms with Gasteiger partial charge in [-0.3, -0.25) is 4.98 Å². The van der Waals surface area contributed by atoms with E-state index in [4.69, 9.17) is 0 Å². The van der Waals surface area contributed by atoms with Gasteiger partial charge >= 0.3 is 0 Å². The minimum Gasteiger partial charge on any atom is -0.384 e. The van der Waals surface area contributed by atoms with Gasteiger partial charge in [0.2, 0.25) is 0 Å². The molecule has 0 aliphatic heterocycles. The van der Waals surface area contributed by atoms with Gasteiger partial charge in [0.1, 0.15) is 5.60 Å². The van der Waals surface area contributed by atoms with Crippen molar-refractivity contribution in [3.63, 3.8) is 0 Å². The van der Waals surface area contributed by atoms with Crippen LogP contribution in [0, 0.1) is 0 Å². The molecule has 1 aromatic heterocycles. The minimum absolute atomic E-state index is 0.634. The fraction of sp³-hybridized carbons (Fsp3) is 0.250. The zero-order chi connectivity index (χ0) is 11.3. The lowest BCUT2D eigenvalue weighted by atomic mass is 10.1. The van der Waals surface area contributed by atoms with Crippen molar-refractivity contribution in [2.45, 2.75) is 19.4 Å². The van der Waals surface area contributed by atoms with Gasteiger partial charge in [-0.1, -0.05) is 28.1 Å². The van der Waals surface area contributed by atoms with E-state index in [1.165, 1.54) is 0 Å². The molecule has 0 fully saturated rings. The van der Waals surface area contributed by atoms with E-state index in [1.54, 1.807) is 26.1 Å². The first-order valence-corrected chi connectivity index (χ1v) is 5.47. The first-order valence-electron chi connectivity index (χ1n) is 4.68. The van der Waals surface area contributed by atoms with Crippen LogP contribution < -0.4 is 0 Å². The van der Waals surface area contributed by atoms with Gasteiger partial charge in [-0.15, -0.1) is 0 Å². The maximum Gasteiger partial charge on any atom is 0.101 e. The molecule has 2 nitrogen and oxygen atoms in total. The smallest absolute Gasteiger partial charge is 0.101 e. The largest absolute Gasteiger partial charge is 0.384 e. The number of aromatic nitrogens is 1. The SMILES string of the molecule is CC(C)(O)c1ccccc(Br)cccn1. The third-order valence-electron chi connectivity index (χ3n) is 1.80. The van der Waals surface area contributed by atoms with Crippen LogP contribution in [0.4, 0.5) is 0 Å². The van der Waals surface area contributed by atoms with Crippen LogP contribution in [0.2, 0.25) is 0 Å². The van der Waals surface area contributed by atoms with E-state index in [2.05, 4.69) is 20.9 Å². The zero-order valence-corrected chi connectivity index (χ0v) is 10.4. The molecule has 0 aromatic carbocycles. The number of hydrogen-bond acceptors (Lipinski definition) is 2. The second-order valence-corrected chi connectivity index (χ2v) is 4.60. The summed E-state index contributed by atoms with van der Waals surface area (Å²) in [7, 11) is 0. The van der Waals surface area contributed by atoms with Gasteiger partial charge in [0.25, 0.3) is 0 Å². The van der Waals surface area contributed by atoms with Gasteiger partial charge in [-0.25, -0.2) is 0 Å². The molecule has 1 heterocycles. The second-order valence-electron chi connectivity index (χ2n) is 3.68. The molecule has 0 atom stereocenters. The highest BCUT2D eigenvalue weighted by Crippen LogP contribution is 2.14. The van der Waals surface area contributed by atoms with E-state index in [1.807, 2.05) is 30.3 Å². The highest BCUT2D eigenvalue weighted by Gasteiger charge is 2.15. The van der Waals surface area contributed by atoms with Gasteiger partial charge in [-0.2, -0.15) is 0 Å². The average Bonchev–Trinajstić information content (AvgIpc) is 2.14. The normalized spacial score (nSPS) is 10.7. The summed E-state index contributed by atoms with van der Waals surface area (Å²) in [5, 5.41) is 9.81. The predicted octanol–water partition coefficient (Wildman–Crippen LogP) is 3.20. The van der Waals surface area contributed by atoms with Crippen molar-refractivity contribution in [3.8, 4) is 0 Å². The van der Waals surface area contributed by atoms with Gasteiger partial charge < -0.3 is 5.11 Å². The van der Waals surface area contributed by atoms with E-state index in [0.717, 1.165) is 4.47 Å². The third kappa shape index (κ3) is 4.40. The van der Waals surface area contributed by atoms with Crippen molar-refractivity contribution in [1.29, 1.82) is 0 Å². The van der Waals surface area contributed by atoms with E-state index in [-0.39, 0.29) is 0 Å². The Morgan fingerprint density at radius 1 is 1.13 bits per heavy atom. The lowest BCUT2D eigenvalue weighted by molar-refractivity contribution is 0.0740. The summed E-state index contributed by atoms with van der Waals surface area (Å²) in [5.41, 5.74) is -0.288. The molecule has 1 aromatic rings. The second kappa shape index (κ2) is 5.24. The molecule has 0 saturated heterocycles. The van der Waals surface area contributed by atoms with Crippen LogP contribution in [0.15, 0.2) is 47.1 Å². The predicted molar refractivity (Wildman–Crippen MR) is 64.8 cm³/mol. The summed E-state index contributed by atoms with van der Waals surface area (Å²) < 4.78 is 0.977. The maximum atomic E-state index is 9.81. The highest BCUT2D eigenvalue weighted by molar-refractivity contribution is 9.10. The standard InChI is InChI=1S/C12H14BrNO/c1-12(2,15)11-8-4-3-6-10(13)7-5-9-14-11/h3-9,15H,1-2H3. The molecule has 0 aliphatic rings. The van der Waals surface area contributed by atoms with Crippen molar-refractivity contribution in [1.82, 2.24) is 4.98 Å².